The maximum Gasteiger partial charge on any atom is 0.266 e. The van der Waals surface area contributed by atoms with Crippen LogP contribution in [0.4, 0.5) is 5.69 Å². The van der Waals surface area contributed by atoms with Crippen LogP contribution in [0.3, 0.4) is 0 Å². The number of carbonyl (C=O) groups excluding carboxylic acids is 1. The number of hydrogen-bond acceptors (Lipinski definition) is 4. The molecule has 0 fully saturated rings. The lowest BCUT2D eigenvalue weighted by Gasteiger charge is -2.13. The van der Waals surface area contributed by atoms with E-state index in [-0.39, 0.29) is 10.6 Å². The predicted octanol–water partition coefficient (Wildman–Crippen LogP) is 6.13. The Hall–Kier alpha value is -3.33. The van der Waals surface area contributed by atoms with Gasteiger partial charge >= 0.3 is 0 Å². The lowest BCUT2D eigenvalue weighted by atomic mass is 10.0. The van der Waals surface area contributed by atoms with E-state index >= 15 is 0 Å². The van der Waals surface area contributed by atoms with Gasteiger partial charge in [0.15, 0.2) is 0 Å². The Morgan fingerprint density at radius 2 is 1.90 bits per heavy atom. The van der Waals surface area contributed by atoms with E-state index < -0.39 is 5.91 Å². The van der Waals surface area contributed by atoms with Gasteiger partial charge in [0.25, 0.3) is 5.91 Å². The molecule has 1 aromatic heterocycles. The minimum atomic E-state index is -0.572. The molecule has 5 nitrogen and oxygen atoms in total. The van der Waals surface area contributed by atoms with Crippen molar-refractivity contribution in [2.24, 2.45) is 0 Å². The number of nitrogens with zero attached hydrogens (tertiary/aromatic N) is 2. The molecule has 0 aliphatic heterocycles. The molecule has 3 aromatic rings. The number of rotatable bonds is 6. The molecule has 156 valence electrons. The Labute approximate surface area is 190 Å². The van der Waals surface area contributed by atoms with Crippen LogP contribution in [0.25, 0.3) is 6.08 Å². The summed E-state index contributed by atoms with van der Waals surface area (Å²) in [5.41, 5.74) is 3.59. The van der Waals surface area contributed by atoms with Crippen LogP contribution in [0.15, 0.2) is 60.3 Å². The van der Waals surface area contributed by atoms with Gasteiger partial charge in [-0.15, -0.1) is 0 Å². The van der Waals surface area contributed by atoms with E-state index in [9.17, 15) is 10.1 Å². The number of carbonyl (C=O) groups is 1. The number of amides is 1. The summed E-state index contributed by atoms with van der Waals surface area (Å²) in [5, 5.41) is 12.6. The average molecular weight is 452 g/mol. The van der Waals surface area contributed by atoms with Gasteiger partial charge in [0.2, 0.25) is 0 Å². The largest absolute Gasteiger partial charge is 0.487 e. The molecule has 0 saturated carbocycles. The van der Waals surface area contributed by atoms with Gasteiger partial charge in [0.1, 0.15) is 24.0 Å². The van der Waals surface area contributed by atoms with Crippen molar-refractivity contribution in [1.29, 1.82) is 5.26 Å². The first kappa shape index (κ1) is 22.4. The molecule has 0 saturated heterocycles. The van der Waals surface area contributed by atoms with Crippen LogP contribution < -0.4 is 10.1 Å². The summed E-state index contributed by atoms with van der Waals surface area (Å²) >= 11 is 12.1. The molecule has 0 unspecified atom stereocenters. The van der Waals surface area contributed by atoms with Gasteiger partial charge < -0.3 is 10.1 Å². The van der Waals surface area contributed by atoms with Gasteiger partial charge in [-0.05, 0) is 73.0 Å². The second-order valence-corrected chi connectivity index (χ2v) is 7.60. The smallest absolute Gasteiger partial charge is 0.266 e. The minimum absolute atomic E-state index is 0.0583. The average Bonchev–Trinajstić information content (AvgIpc) is 2.75. The number of hydrogen-bond donors (Lipinski definition) is 1. The summed E-state index contributed by atoms with van der Waals surface area (Å²) in [6.07, 6.45) is 3.24. The first-order chi connectivity index (χ1) is 14.9. The Balaban J connectivity index is 1.80. The van der Waals surface area contributed by atoms with Crippen LogP contribution in [0.1, 0.15) is 22.4 Å². The lowest BCUT2D eigenvalue weighted by molar-refractivity contribution is -0.112. The van der Waals surface area contributed by atoms with E-state index in [4.69, 9.17) is 27.9 Å². The number of nitriles is 1. The molecule has 1 heterocycles. The number of ether oxygens (including phenoxy) is 1. The zero-order chi connectivity index (χ0) is 22.4. The van der Waals surface area contributed by atoms with Crippen molar-refractivity contribution in [3.05, 3.63) is 92.7 Å². The summed E-state index contributed by atoms with van der Waals surface area (Å²) in [4.78, 5) is 16.8. The first-order valence-corrected chi connectivity index (χ1v) is 10.2. The lowest BCUT2D eigenvalue weighted by Crippen LogP contribution is -2.13. The predicted molar refractivity (Wildman–Crippen MR) is 123 cm³/mol. The van der Waals surface area contributed by atoms with Crippen LogP contribution in [0.2, 0.25) is 10.0 Å². The fourth-order valence-electron chi connectivity index (χ4n) is 3.03. The third-order valence-corrected chi connectivity index (χ3v) is 5.27. The van der Waals surface area contributed by atoms with E-state index in [1.165, 1.54) is 6.08 Å². The number of halogens is 2. The number of anilines is 1. The normalized spacial score (nSPS) is 11.0. The van der Waals surface area contributed by atoms with E-state index in [1.54, 1.807) is 24.4 Å². The van der Waals surface area contributed by atoms with Gasteiger partial charge in [-0.3, -0.25) is 9.78 Å². The molecule has 1 N–H and O–H groups in total. The molecule has 0 aliphatic carbocycles. The fourth-order valence-corrected chi connectivity index (χ4v) is 3.38. The quantitative estimate of drug-likeness (QED) is 0.361. The molecular weight excluding hydrogens is 433 g/mol. The number of pyridine rings is 1. The highest BCUT2D eigenvalue weighted by Crippen LogP contribution is 2.30. The van der Waals surface area contributed by atoms with E-state index in [0.29, 0.717) is 22.9 Å². The highest BCUT2D eigenvalue weighted by atomic mass is 35.5. The molecule has 0 bridgehead atoms. The van der Waals surface area contributed by atoms with E-state index in [2.05, 4.69) is 10.3 Å². The Bertz CT molecular complexity index is 1160. The van der Waals surface area contributed by atoms with Crippen LogP contribution in [-0.4, -0.2) is 10.9 Å². The van der Waals surface area contributed by atoms with Gasteiger partial charge in [0.05, 0.1) is 21.4 Å². The van der Waals surface area contributed by atoms with Gasteiger partial charge in [0, 0.05) is 6.20 Å². The van der Waals surface area contributed by atoms with Crippen molar-refractivity contribution in [3.63, 3.8) is 0 Å². The Morgan fingerprint density at radius 3 is 2.55 bits per heavy atom. The molecule has 0 atom stereocenters. The topological polar surface area (TPSA) is 75.0 Å². The summed E-state index contributed by atoms with van der Waals surface area (Å²) in [5.74, 6) is 0.175. The molecule has 7 heteroatoms. The SMILES string of the molecule is Cc1cc(/C=C(\C#N)C(=O)Nc2cccc(Cl)c2Cl)cc(C)c1OCc1ccccn1. The van der Waals surface area contributed by atoms with Crippen molar-refractivity contribution in [2.45, 2.75) is 20.5 Å². The third-order valence-electron chi connectivity index (χ3n) is 4.45. The van der Waals surface area contributed by atoms with Crippen molar-refractivity contribution in [2.75, 3.05) is 5.32 Å². The van der Waals surface area contributed by atoms with Crippen molar-refractivity contribution in [3.8, 4) is 11.8 Å². The van der Waals surface area contributed by atoms with Gasteiger partial charge in [-0.2, -0.15) is 5.26 Å². The van der Waals surface area contributed by atoms with Crippen molar-refractivity contribution >= 4 is 40.9 Å². The summed E-state index contributed by atoms with van der Waals surface area (Å²) in [7, 11) is 0. The molecule has 0 spiro atoms. The number of nitrogens with one attached hydrogen (secondary N) is 1. The Kier molecular flexibility index (Phi) is 7.30. The minimum Gasteiger partial charge on any atom is -0.487 e. The summed E-state index contributed by atoms with van der Waals surface area (Å²) in [6, 6.07) is 16.2. The highest BCUT2D eigenvalue weighted by molar-refractivity contribution is 6.44. The number of benzene rings is 2. The maximum absolute atomic E-state index is 12.6. The monoisotopic (exact) mass is 451 g/mol. The number of aryl methyl sites for hydroxylation is 2. The van der Waals surface area contributed by atoms with Crippen LogP contribution in [-0.2, 0) is 11.4 Å². The zero-order valence-electron chi connectivity index (χ0n) is 16.9. The van der Waals surface area contributed by atoms with E-state index in [1.807, 2.05) is 50.2 Å². The summed E-state index contributed by atoms with van der Waals surface area (Å²) < 4.78 is 5.94. The standard InChI is InChI=1S/C24H19Cl2N3O2/c1-15-10-17(11-16(2)23(15)31-14-19-6-3-4-9-28-19)12-18(13-27)24(30)29-21-8-5-7-20(25)22(21)26/h3-12H,14H2,1-2H3,(H,29,30)/b18-12+. The number of aromatic nitrogens is 1. The van der Waals surface area contributed by atoms with Crippen molar-refractivity contribution in [1.82, 2.24) is 4.98 Å². The second-order valence-electron chi connectivity index (χ2n) is 6.82. The molecular formula is C24H19Cl2N3O2. The molecule has 0 aliphatic rings. The Morgan fingerprint density at radius 1 is 1.16 bits per heavy atom. The first-order valence-electron chi connectivity index (χ1n) is 9.40. The van der Waals surface area contributed by atoms with Crippen LogP contribution >= 0.6 is 23.2 Å². The van der Waals surface area contributed by atoms with Gasteiger partial charge in [-0.1, -0.05) is 35.3 Å². The molecule has 3 rings (SSSR count). The summed E-state index contributed by atoms with van der Waals surface area (Å²) in [6.45, 7) is 4.18. The van der Waals surface area contributed by atoms with E-state index in [0.717, 1.165) is 22.6 Å². The molecule has 31 heavy (non-hydrogen) atoms. The molecule has 1 amide bonds. The van der Waals surface area contributed by atoms with Gasteiger partial charge in [-0.25, -0.2) is 0 Å². The fraction of sp³-hybridized carbons (Fsp3) is 0.125. The molecule has 0 radical (unpaired) electrons. The van der Waals surface area contributed by atoms with Crippen LogP contribution in [0, 0.1) is 25.2 Å². The zero-order valence-corrected chi connectivity index (χ0v) is 18.5. The second kappa shape index (κ2) is 10.1. The third kappa shape index (κ3) is 5.64. The highest BCUT2D eigenvalue weighted by Gasteiger charge is 2.14. The molecule has 2 aromatic carbocycles. The maximum atomic E-state index is 12.6. The van der Waals surface area contributed by atoms with Crippen LogP contribution in [0.5, 0.6) is 5.75 Å². The van der Waals surface area contributed by atoms with Crippen molar-refractivity contribution < 1.29 is 9.53 Å².